The standard InChI is InChI=1S/C15H20F3NO3/c1-11(20)8-19(9-13-6-4-3-5-7-13)14(21)12(2)22-10-15(16,17)18/h3-7,11-12,20H,8-10H2,1-2H3/t11-,12-/m1/s1. The highest BCUT2D eigenvalue weighted by atomic mass is 19.4. The van der Waals surface area contributed by atoms with Crippen LogP contribution in [-0.4, -0.2) is 47.4 Å². The Morgan fingerprint density at radius 2 is 1.86 bits per heavy atom. The quantitative estimate of drug-likeness (QED) is 0.839. The van der Waals surface area contributed by atoms with E-state index in [0.717, 1.165) is 5.56 Å². The van der Waals surface area contributed by atoms with Crippen LogP contribution in [0.25, 0.3) is 0 Å². The van der Waals surface area contributed by atoms with Gasteiger partial charge in [0.1, 0.15) is 12.7 Å². The summed E-state index contributed by atoms with van der Waals surface area (Å²) in [7, 11) is 0. The maximum Gasteiger partial charge on any atom is 0.411 e. The number of rotatable bonds is 7. The fourth-order valence-electron chi connectivity index (χ4n) is 1.90. The molecule has 0 saturated heterocycles. The van der Waals surface area contributed by atoms with Crippen LogP contribution in [0.2, 0.25) is 0 Å². The zero-order valence-electron chi connectivity index (χ0n) is 12.5. The summed E-state index contributed by atoms with van der Waals surface area (Å²) < 4.78 is 41.0. The van der Waals surface area contributed by atoms with E-state index in [9.17, 15) is 23.1 Å². The van der Waals surface area contributed by atoms with Crippen LogP contribution in [0.4, 0.5) is 13.2 Å². The number of aliphatic hydroxyl groups is 1. The summed E-state index contributed by atoms with van der Waals surface area (Å²) in [6.45, 7) is 1.52. The highest BCUT2D eigenvalue weighted by Gasteiger charge is 2.31. The second-order valence-electron chi connectivity index (χ2n) is 5.12. The van der Waals surface area contributed by atoms with E-state index in [1.807, 2.05) is 6.07 Å². The van der Waals surface area contributed by atoms with Crippen molar-refractivity contribution in [1.82, 2.24) is 4.90 Å². The van der Waals surface area contributed by atoms with Gasteiger partial charge < -0.3 is 14.7 Å². The lowest BCUT2D eigenvalue weighted by atomic mass is 10.2. The van der Waals surface area contributed by atoms with Gasteiger partial charge in [-0.3, -0.25) is 4.79 Å². The minimum atomic E-state index is -4.48. The van der Waals surface area contributed by atoms with Crippen molar-refractivity contribution in [2.45, 2.75) is 38.8 Å². The van der Waals surface area contributed by atoms with Gasteiger partial charge in [-0.15, -0.1) is 0 Å². The van der Waals surface area contributed by atoms with Gasteiger partial charge in [-0.1, -0.05) is 30.3 Å². The number of carbonyl (C=O) groups is 1. The molecular weight excluding hydrogens is 299 g/mol. The average molecular weight is 319 g/mol. The molecule has 0 bridgehead atoms. The summed E-state index contributed by atoms with van der Waals surface area (Å²) >= 11 is 0. The Kier molecular flexibility index (Phi) is 6.83. The summed E-state index contributed by atoms with van der Waals surface area (Å²) in [4.78, 5) is 13.5. The molecule has 0 spiro atoms. The van der Waals surface area contributed by atoms with Gasteiger partial charge in [0.25, 0.3) is 5.91 Å². The predicted octanol–water partition coefficient (Wildman–Crippen LogP) is 2.36. The topological polar surface area (TPSA) is 49.8 Å². The number of halogens is 3. The molecular formula is C15H20F3NO3. The zero-order valence-corrected chi connectivity index (χ0v) is 12.5. The Hall–Kier alpha value is -1.60. The van der Waals surface area contributed by atoms with E-state index in [2.05, 4.69) is 4.74 Å². The Bertz CT molecular complexity index is 463. The van der Waals surface area contributed by atoms with Crippen molar-refractivity contribution in [3.63, 3.8) is 0 Å². The Balaban J connectivity index is 2.71. The first kappa shape index (κ1) is 18.4. The number of hydrogen-bond donors (Lipinski definition) is 1. The lowest BCUT2D eigenvalue weighted by Crippen LogP contribution is -2.43. The molecule has 0 unspecified atom stereocenters. The van der Waals surface area contributed by atoms with E-state index in [-0.39, 0.29) is 13.1 Å². The normalized spacial score (nSPS) is 14.5. The minimum Gasteiger partial charge on any atom is -0.392 e. The average Bonchev–Trinajstić information content (AvgIpc) is 2.43. The summed E-state index contributed by atoms with van der Waals surface area (Å²) in [5.74, 6) is -0.589. The van der Waals surface area contributed by atoms with Crippen molar-refractivity contribution < 1.29 is 27.8 Å². The van der Waals surface area contributed by atoms with Gasteiger partial charge in [-0.2, -0.15) is 13.2 Å². The van der Waals surface area contributed by atoms with Gasteiger partial charge >= 0.3 is 6.18 Å². The molecule has 0 fully saturated rings. The molecule has 0 aromatic heterocycles. The first-order valence-corrected chi connectivity index (χ1v) is 6.88. The number of aliphatic hydroxyl groups excluding tert-OH is 1. The van der Waals surface area contributed by atoms with Crippen LogP contribution >= 0.6 is 0 Å². The molecule has 0 aliphatic rings. The minimum absolute atomic E-state index is 0.0213. The van der Waals surface area contributed by atoms with E-state index in [0.29, 0.717) is 0 Å². The van der Waals surface area contributed by atoms with E-state index >= 15 is 0 Å². The van der Waals surface area contributed by atoms with Crippen molar-refractivity contribution in [2.24, 2.45) is 0 Å². The van der Waals surface area contributed by atoms with Crippen LogP contribution < -0.4 is 0 Å². The Morgan fingerprint density at radius 3 is 2.36 bits per heavy atom. The van der Waals surface area contributed by atoms with Crippen LogP contribution in [0, 0.1) is 0 Å². The highest BCUT2D eigenvalue weighted by molar-refractivity contribution is 5.80. The molecule has 4 nitrogen and oxygen atoms in total. The fraction of sp³-hybridized carbons (Fsp3) is 0.533. The fourth-order valence-corrected chi connectivity index (χ4v) is 1.90. The smallest absolute Gasteiger partial charge is 0.392 e. The molecule has 1 rings (SSSR count). The Labute approximate surface area is 127 Å². The van der Waals surface area contributed by atoms with Gasteiger partial charge in [-0.25, -0.2) is 0 Å². The predicted molar refractivity (Wildman–Crippen MR) is 75.0 cm³/mol. The summed E-state index contributed by atoms with van der Waals surface area (Å²) in [6.07, 6.45) is -6.50. The molecule has 22 heavy (non-hydrogen) atoms. The molecule has 0 radical (unpaired) electrons. The van der Waals surface area contributed by atoms with Crippen LogP contribution in [0.3, 0.4) is 0 Å². The SMILES string of the molecule is C[C@@H](O)CN(Cc1ccccc1)C(=O)[C@@H](C)OCC(F)(F)F. The Morgan fingerprint density at radius 1 is 1.27 bits per heavy atom. The lowest BCUT2D eigenvalue weighted by molar-refractivity contribution is -0.189. The second-order valence-corrected chi connectivity index (χ2v) is 5.12. The highest BCUT2D eigenvalue weighted by Crippen LogP contribution is 2.16. The third kappa shape index (κ3) is 6.91. The molecule has 124 valence electrons. The van der Waals surface area contributed by atoms with E-state index < -0.39 is 30.9 Å². The monoisotopic (exact) mass is 319 g/mol. The van der Waals surface area contributed by atoms with Gasteiger partial charge in [-0.05, 0) is 19.4 Å². The number of ether oxygens (including phenoxy) is 1. The van der Waals surface area contributed by atoms with Crippen LogP contribution in [0.5, 0.6) is 0 Å². The maximum atomic E-state index is 12.2. The lowest BCUT2D eigenvalue weighted by Gasteiger charge is -2.27. The van der Waals surface area contributed by atoms with Crippen LogP contribution in [-0.2, 0) is 16.1 Å². The van der Waals surface area contributed by atoms with Crippen LogP contribution in [0.15, 0.2) is 30.3 Å². The molecule has 0 aliphatic carbocycles. The molecule has 0 saturated carbocycles. The van der Waals surface area contributed by atoms with Crippen LogP contribution in [0.1, 0.15) is 19.4 Å². The first-order chi connectivity index (χ1) is 10.2. The third-order valence-electron chi connectivity index (χ3n) is 2.86. The number of carbonyl (C=O) groups excluding carboxylic acids is 1. The van der Waals surface area contributed by atoms with Crippen molar-refractivity contribution in [3.05, 3.63) is 35.9 Å². The van der Waals surface area contributed by atoms with Crippen molar-refractivity contribution >= 4 is 5.91 Å². The van der Waals surface area contributed by atoms with Crippen molar-refractivity contribution in [1.29, 1.82) is 0 Å². The molecule has 0 heterocycles. The third-order valence-corrected chi connectivity index (χ3v) is 2.86. The molecule has 7 heteroatoms. The summed E-state index contributed by atoms with van der Waals surface area (Å²) in [5.41, 5.74) is 0.819. The maximum absolute atomic E-state index is 12.2. The summed E-state index contributed by atoms with van der Waals surface area (Å²) in [5, 5.41) is 9.48. The molecule has 2 atom stereocenters. The number of hydrogen-bond acceptors (Lipinski definition) is 3. The number of nitrogens with zero attached hydrogens (tertiary/aromatic N) is 1. The van der Waals surface area contributed by atoms with Gasteiger partial charge in [0.15, 0.2) is 0 Å². The number of benzene rings is 1. The number of alkyl halides is 3. The number of amides is 1. The first-order valence-electron chi connectivity index (χ1n) is 6.88. The molecule has 1 aromatic rings. The molecule has 1 aromatic carbocycles. The summed E-state index contributed by atoms with van der Waals surface area (Å²) in [6, 6.07) is 9.00. The van der Waals surface area contributed by atoms with E-state index in [1.165, 1.54) is 18.7 Å². The zero-order chi connectivity index (χ0) is 16.8. The molecule has 1 N–H and O–H groups in total. The van der Waals surface area contributed by atoms with Crippen molar-refractivity contribution in [3.8, 4) is 0 Å². The molecule has 0 aliphatic heterocycles. The van der Waals surface area contributed by atoms with Gasteiger partial charge in [0.05, 0.1) is 6.10 Å². The molecule has 1 amide bonds. The van der Waals surface area contributed by atoms with Gasteiger partial charge in [0, 0.05) is 13.1 Å². The van der Waals surface area contributed by atoms with E-state index in [1.54, 1.807) is 24.3 Å². The largest absolute Gasteiger partial charge is 0.411 e. The second kappa shape index (κ2) is 8.14. The van der Waals surface area contributed by atoms with E-state index in [4.69, 9.17) is 0 Å². The van der Waals surface area contributed by atoms with Crippen molar-refractivity contribution in [2.75, 3.05) is 13.2 Å². The van der Waals surface area contributed by atoms with Gasteiger partial charge in [0.2, 0.25) is 0 Å².